The Morgan fingerprint density at radius 1 is 0.326 bits per heavy atom. The Hall–Kier alpha value is -3.61. The smallest absolute Gasteiger partial charge is 0.0497 e. The minimum Gasteiger partial charge on any atom is -0.322 e. The van der Waals surface area contributed by atoms with Crippen LogP contribution in [0.3, 0.4) is 0 Å². The minimum absolute atomic E-state index is 0. The van der Waals surface area contributed by atoms with Gasteiger partial charge in [0, 0.05) is 12.1 Å². The lowest BCUT2D eigenvalue weighted by atomic mass is 9.95. The van der Waals surface area contributed by atoms with Crippen LogP contribution >= 0.6 is 28.3 Å². The van der Waals surface area contributed by atoms with Gasteiger partial charge in [-0.3, -0.25) is 0 Å². The molecule has 6 aromatic carbocycles. The van der Waals surface area contributed by atoms with Crippen molar-refractivity contribution in [3.05, 3.63) is 181 Å². The maximum absolute atomic E-state index is 7.20. The zero-order valence-electron chi connectivity index (χ0n) is 23.8. The Labute approximate surface area is 263 Å². The molecule has 6 rings (SSSR count). The lowest BCUT2D eigenvalue weighted by Crippen LogP contribution is -2.35. The van der Waals surface area contributed by atoms with Crippen LogP contribution < -0.4 is 43.3 Å². The van der Waals surface area contributed by atoms with Crippen LogP contribution in [0.25, 0.3) is 0 Å². The van der Waals surface area contributed by atoms with Crippen molar-refractivity contribution >= 4 is 60.1 Å². The van der Waals surface area contributed by atoms with Gasteiger partial charge in [-0.2, -0.15) is 0 Å². The molecule has 0 fully saturated rings. The average molecular weight is 617 g/mol. The van der Waals surface area contributed by atoms with Crippen molar-refractivity contribution < 1.29 is 0 Å². The standard InChI is InChI=1S/C38H34N2P2.ClH/c39-37(33-25-13-15-27-35(33)41(29-17-5-1-6-18-29)30-19-7-2-8-20-30)38(40)34-26-14-16-28-36(34)42(31-21-9-3-10-22-31)32-23-11-4-12-24-32;/h1-28,37-38H,39-40H2;1H/t37-,38-;/m0./s1. The highest BCUT2D eigenvalue weighted by molar-refractivity contribution is 7.80. The third-order valence-electron chi connectivity index (χ3n) is 7.52. The monoisotopic (exact) mass is 616 g/mol. The predicted molar refractivity (Wildman–Crippen MR) is 191 cm³/mol. The number of benzene rings is 6. The summed E-state index contributed by atoms with van der Waals surface area (Å²) in [5.41, 5.74) is 16.6. The minimum atomic E-state index is -0.817. The first-order chi connectivity index (χ1) is 20.7. The van der Waals surface area contributed by atoms with Gasteiger partial charge in [-0.1, -0.05) is 170 Å². The van der Waals surface area contributed by atoms with Crippen LogP contribution in [0, 0.1) is 0 Å². The molecule has 6 aromatic rings. The molecule has 0 radical (unpaired) electrons. The second kappa shape index (κ2) is 14.7. The number of halogens is 1. The van der Waals surface area contributed by atoms with Crippen molar-refractivity contribution in [2.75, 3.05) is 0 Å². The van der Waals surface area contributed by atoms with E-state index < -0.39 is 15.8 Å². The molecule has 0 bridgehead atoms. The summed E-state index contributed by atoms with van der Waals surface area (Å²) in [6.45, 7) is 0. The second-order valence-corrected chi connectivity index (χ2v) is 14.6. The second-order valence-electron chi connectivity index (χ2n) is 10.2. The van der Waals surface area contributed by atoms with Gasteiger partial charge in [-0.25, -0.2) is 0 Å². The molecule has 0 saturated carbocycles. The van der Waals surface area contributed by atoms with E-state index in [2.05, 4.69) is 170 Å². The van der Waals surface area contributed by atoms with Gasteiger partial charge in [0.05, 0.1) is 0 Å². The fourth-order valence-electron chi connectivity index (χ4n) is 5.50. The molecule has 0 aliphatic rings. The van der Waals surface area contributed by atoms with E-state index in [1.807, 2.05) is 0 Å². The van der Waals surface area contributed by atoms with E-state index in [0.717, 1.165) is 11.1 Å². The first-order valence-corrected chi connectivity index (χ1v) is 16.9. The number of hydrogen-bond acceptors (Lipinski definition) is 2. The third-order valence-corrected chi connectivity index (χ3v) is 12.6. The first-order valence-electron chi connectivity index (χ1n) is 14.2. The van der Waals surface area contributed by atoms with Crippen LogP contribution in [0.5, 0.6) is 0 Å². The van der Waals surface area contributed by atoms with Gasteiger partial charge < -0.3 is 11.5 Å². The Balaban J connectivity index is 0.00000368. The Morgan fingerprint density at radius 3 is 0.837 bits per heavy atom. The Kier molecular flexibility index (Phi) is 10.6. The molecule has 0 aliphatic carbocycles. The van der Waals surface area contributed by atoms with Crippen molar-refractivity contribution in [2.24, 2.45) is 11.5 Å². The van der Waals surface area contributed by atoms with Crippen molar-refractivity contribution in [3.8, 4) is 0 Å². The summed E-state index contributed by atoms with van der Waals surface area (Å²) in [5, 5.41) is 7.68. The van der Waals surface area contributed by atoms with Crippen LogP contribution in [-0.4, -0.2) is 0 Å². The summed E-state index contributed by atoms with van der Waals surface area (Å²) in [6, 6.07) is 59.5. The first kappa shape index (κ1) is 30.8. The number of rotatable bonds is 9. The molecule has 43 heavy (non-hydrogen) atoms. The fourth-order valence-corrected chi connectivity index (χ4v) is 10.5. The summed E-state index contributed by atoms with van der Waals surface area (Å²) < 4.78 is 0. The molecule has 5 heteroatoms. The largest absolute Gasteiger partial charge is 0.322 e. The van der Waals surface area contributed by atoms with E-state index in [4.69, 9.17) is 11.5 Å². The maximum Gasteiger partial charge on any atom is 0.0497 e. The molecule has 0 saturated heterocycles. The third kappa shape index (κ3) is 6.81. The molecule has 0 unspecified atom stereocenters. The molecule has 2 atom stereocenters. The van der Waals surface area contributed by atoms with E-state index >= 15 is 0 Å². The van der Waals surface area contributed by atoms with Crippen molar-refractivity contribution in [3.63, 3.8) is 0 Å². The summed E-state index contributed by atoms with van der Waals surface area (Å²) in [7, 11) is -1.63. The Bertz CT molecular complexity index is 1510. The van der Waals surface area contributed by atoms with Gasteiger partial charge in [0.1, 0.15) is 0 Å². The Morgan fingerprint density at radius 2 is 0.558 bits per heavy atom. The summed E-state index contributed by atoms with van der Waals surface area (Å²) in [5.74, 6) is 0. The highest BCUT2D eigenvalue weighted by atomic mass is 35.5. The quantitative estimate of drug-likeness (QED) is 0.187. The fraction of sp³-hybridized carbons (Fsp3) is 0.0526. The summed E-state index contributed by atoms with van der Waals surface area (Å²) in [4.78, 5) is 0. The van der Waals surface area contributed by atoms with Gasteiger partial charge in [0.2, 0.25) is 0 Å². The van der Waals surface area contributed by atoms with Crippen LogP contribution in [0.1, 0.15) is 23.2 Å². The molecule has 0 heterocycles. The van der Waals surface area contributed by atoms with Gasteiger partial charge in [0.15, 0.2) is 0 Å². The van der Waals surface area contributed by atoms with Crippen LogP contribution in [-0.2, 0) is 0 Å². The van der Waals surface area contributed by atoms with Gasteiger partial charge in [-0.05, 0) is 58.8 Å². The SMILES string of the molecule is Cl.N[C@@H](c1ccccc1P(c1ccccc1)c1ccccc1)[C@@H](N)c1ccccc1P(c1ccccc1)c1ccccc1. The molecular weight excluding hydrogens is 582 g/mol. The highest BCUT2D eigenvalue weighted by Crippen LogP contribution is 2.39. The lowest BCUT2D eigenvalue weighted by Gasteiger charge is -2.30. The van der Waals surface area contributed by atoms with E-state index in [1.165, 1.54) is 31.8 Å². The predicted octanol–water partition coefficient (Wildman–Crippen LogP) is 6.32. The molecule has 4 N–H and O–H groups in total. The van der Waals surface area contributed by atoms with E-state index in [0.29, 0.717) is 0 Å². The summed E-state index contributed by atoms with van der Waals surface area (Å²) >= 11 is 0. The zero-order chi connectivity index (χ0) is 28.7. The van der Waals surface area contributed by atoms with E-state index in [-0.39, 0.29) is 24.5 Å². The molecule has 0 aliphatic heterocycles. The van der Waals surface area contributed by atoms with Crippen molar-refractivity contribution in [1.82, 2.24) is 0 Å². The van der Waals surface area contributed by atoms with Crippen molar-refractivity contribution in [1.29, 1.82) is 0 Å². The maximum atomic E-state index is 7.20. The van der Waals surface area contributed by atoms with E-state index in [9.17, 15) is 0 Å². The molecule has 0 aromatic heterocycles. The van der Waals surface area contributed by atoms with Crippen molar-refractivity contribution in [2.45, 2.75) is 12.1 Å². The molecule has 2 nitrogen and oxygen atoms in total. The van der Waals surface area contributed by atoms with E-state index in [1.54, 1.807) is 0 Å². The molecular formula is C38H35ClN2P2. The van der Waals surface area contributed by atoms with Crippen LogP contribution in [0.2, 0.25) is 0 Å². The summed E-state index contributed by atoms with van der Waals surface area (Å²) in [6.07, 6.45) is 0. The molecule has 214 valence electrons. The highest BCUT2D eigenvalue weighted by Gasteiger charge is 2.28. The zero-order valence-corrected chi connectivity index (χ0v) is 26.4. The van der Waals surface area contributed by atoms with Crippen LogP contribution in [0.4, 0.5) is 0 Å². The lowest BCUT2D eigenvalue weighted by molar-refractivity contribution is 0.579. The molecule has 0 spiro atoms. The average Bonchev–Trinajstić information content (AvgIpc) is 3.07. The van der Waals surface area contributed by atoms with Gasteiger partial charge in [-0.15, -0.1) is 12.4 Å². The topological polar surface area (TPSA) is 52.0 Å². The normalized spacial score (nSPS) is 12.5. The van der Waals surface area contributed by atoms with Gasteiger partial charge in [0.25, 0.3) is 0 Å². The molecule has 0 amide bonds. The van der Waals surface area contributed by atoms with Crippen LogP contribution in [0.15, 0.2) is 170 Å². The van der Waals surface area contributed by atoms with Gasteiger partial charge >= 0.3 is 0 Å². The number of hydrogen-bond donors (Lipinski definition) is 2. The number of nitrogens with two attached hydrogens (primary N) is 2.